The number of thiazole rings is 1. The zero-order chi connectivity index (χ0) is 24.3. The summed E-state index contributed by atoms with van der Waals surface area (Å²) < 4.78 is 11.2. The number of hydrogen-bond acceptors (Lipinski definition) is 6. The van der Waals surface area contributed by atoms with E-state index in [1.807, 2.05) is 6.07 Å². The molecular formula is C27H29N3O3S. The van der Waals surface area contributed by atoms with Gasteiger partial charge in [-0.25, -0.2) is 4.98 Å². The Morgan fingerprint density at radius 1 is 1.18 bits per heavy atom. The van der Waals surface area contributed by atoms with Crippen molar-refractivity contribution < 1.29 is 14.3 Å². The molecule has 1 N–H and O–H groups in total. The third-order valence-electron chi connectivity index (χ3n) is 5.14. The van der Waals surface area contributed by atoms with Gasteiger partial charge < -0.3 is 9.47 Å². The number of methoxy groups -OCH3 is 1. The molecule has 6 nitrogen and oxygen atoms in total. The maximum absolute atomic E-state index is 12.7. The van der Waals surface area contributed by atoms with Gasteiger partial charge in [0.05, 0.1) is 13.7 Å². The van der Waals surface area contributed by atoms with Crippen molar-refractivity contribution in [3.05, 3.63) is 75.8 Å². The molecule has 0 unspecified atom stereocenters. The predicted molar refractivity (Wildman–Crippen MR) is 136 cm³/mol. The average molecular weight is 476 g/mol. The van der Waals surface area contributed by atoms with Crippen LogP contribution in [0.3, 0.4) is 0 Å². The largest absolute Gasteiger partial charge is 0.493 e. The third kappa shape index (κ3) is 7.19. The van der Waals surface area contributed by atoms with Crippen LogP contribution in [0, 0.1) is 18.3 Å². The highest BCUT2D eigenvalue weighted by atomic mass is 32.1. The minimum Gasteiger partial charge on any atom is -0.493 e. The fourth-order valence-corrected chi connectivity index (χ4v) is 4.10. The summed E-state index contributed by atoms with van der Waals surface area (Å²) in [5, 5.41) is 12.7. The monoisotopic (exact) mass is 475 g/mol. The molecule has 0 spiro atoms. The number of carbonyl (C=O) groups excluding carboxylic acids is 1. The fraction of sp³-hybridized carbons (Fsp3) is 0.296. The van der Waals surface area contributed by atoms with E-state index in [4.69, 9.17) is 9.47 Å². The van der Waals surface area contributed by atoms with Crippen LogP contribution in [0.2, 0.25) is 0 Å². The second kappa shape index (κ2) is 12.6. The Kier molecular flexibility index (Phi) is 9.24. The van der Waals surface area contributed by atoms with E-state index in [2.05, 4.69) is 48.4 Å². The van der Waals surface area contributed by atoms with Crippen LogP contribution in [0.25, 0.3) is 6.08 Å². The van der Waals surface area contributed by atoms with Crippen LogP contribution >= 0.6 is 11.3 Å². The molecule has 7 heteroatoms. The smallest absolute Gasteiger partial charge is 0.268 e. The van der Waals surface area contributed by atoms with Crippen molar-refractivity contribution in [2.45, 2.75) is 39.5 Å². The first-order valence-corrected chi connectivity index (χ1v) is 12.1. The van der Waals surface area contributed by atoms with E-state index in [1.165, 1.54) is 28.5 Å². The zero-order valence-corrected chi connectivity index (χ0v) is 20.6. The van der Waals surface area contributed by atoms with Crippen molar-refractivity contribution in [3.63, 3.8) is 0 Å². The lowest BCUT2D eigenvalue weighted by atomic mass is 10.1. The van der Waals surface area contributed by atoms with Gasteiger partial charge in [-0.05, 0) is 42.7 Å². The first-order chi connectivity index (χ1) is 16.5. The molecule has 0 aliphatic rings. The molecule has 176 valence electrons. The lowest BCUT2D eigenvalue weighted by molar-refractivity contribution is -0.112. The molecular weight excluding hydrogens is 446 g/mol. The second-order valence-corrected chi connectivity index (χ2v) is 9.00. The highest BCUT2D eigenvalue weighted by molar-refractivity contribution is 7.15. The van der Waals surface area contributed by atoms with E-state index in [0.29, 0.717) is 28.8 Å². The Morgan fingerprint density at radius 3 is 2.68 bits per heavy atom. The van der Waals surface area contributed by atoms with Crippen LogP contribution in [-0.4, -0.2) is 24.6 Å². The number of benzene rings is 2. The number of ether oxygens (including phenoxy) is 2. The van der Waals surface area contributed by atoms with Crippen molar-refractivity contribution in [2.24, 2.45) is 0 Å². The summed E-state index contributed by atoms with van der Waals surface area (Å²) in [6.07, 6.45) is 7.22. The number of aromatic nitrogens is 1. The zero-order valence-electron chi connectivity index (χ0n) is 19.8. The van der Waals surface area contributed by atoms with Crippen LogP contribution in [0.4, 0.5) is 5.13 Å². The summed E-state index contributed by atoms with van der Waals surface area (Å²) in [7, 11) is 1.57. The number of unbranched alkanes of at least 4 members (excludes halogenated alkanes) is 2. The van der Waals surface area contributed by atoms with Crippen LogP contribution in [0.1, 0.15) is 47.8 Å². The lowest BCUT2D eigenvalue weighted by Crippen LogP contribution is -2.13. The molecule has 0 atom stereocenters. The van der Waals surface area contributed by atoms with Crippen molar-refractivity contribution in [1.82, 2.24) is 4.98 Å². The maximum atomic E-state index is 12.7. The predicted octanol–water partition coefficient (Wildman–Crippen LogP) is 6.17. The Morgan fingerprint density at radius 2 is 1.97 bits per heavy atom. The van der Waals surface area contributed by atoms with Gasteiger partial charge >= 0.3 is 0 Å². The van der Waals surface area contributed by atoms with E-state index in [1.54, 1.807) is 31.5 Å². The highest BCUT2D eigenvalue weighted by Gasteiger charge is 2.13. The third-order valence-corrected chi connectivity index (χ3v) is 6.05. The quantitative estimate of drug-likeness (QED) is 0.204. The molecule has 1 aromatic heterocycles. The topological polar surface area (TPSA) is 84.2 Å². The molecule has 2 aromatic carbocycles. The fourth-order valence-electron chi connectivity index (χ4n) is 3.26. The van der Waals surface area contributed by atoms with Gasteiger partial charge in [0.2, 0.25) is 0 Å². The number of anilines is 1. The molecule has 0 fully saturated rings. The van der Waals surface area contributed by atoms with Gasteiger partial charge in [0.15, 0.2) is 16.6 Å². The first kappa shape index (κ1) is 25.0. The van der Waals surface area contributed by atoms with Crippen LogP contribution in [0.5, 0.6) is 11.5 Å². The van der Waals surface area contributed by atoms with E-state index >= 15 is 0 Å². The van der Waals surface area contributed by atoms with Gasteiger partial charge in [0.25, 0.3) is 5.91 Å². The standard InChI is InChI=1S/C27H29N3O3S/c1-4-5-6-13-33-24-12-11-21(16-25(24)32-3)14-22(17-28)26(31)30-27-29-18-23(34-27)15-20-9-7-19(2)8-10-20/h7-12,14,16,18H,4-6,13,15H2,1-3H3,(H,29,30,31). The normalized spacial score (nSPS) is 11.1. The number of amides is 1. The van der Waals surface area contributed by atoms with Crippen molar-refractivity contribution in [3.8, 4) is 17.6 Å². The molecule has 1 amide bonds. The summed E-state index contributed by atoms with van der Waals surface area (Å²) in [4.78, 5) is 18.0. The number of rotatable bonds is 11. The molecule has 0 bridgehead atoms. The maximum Gasteiger partial charge on any atom is 0.268 e. The van der Waals surface area contributed by atoms with Gasteiger partial charge in [-0.15, -0.1) is 11.3 Å². The summed E-state index contributed by atoms with van der Waals surface area (Å²) in [6, 6.07) is 15.6. The van der Waals surface area contributed by atoms with Gasteiger partial charge in [0, 0.05) is 17.5 Å². The summed E-state index contributed by atoms with van der Waals surface area (Å²) in [5.41, 5.74) is 3.04. The Bertz CT molecular complexity index is 1180. The Hall–Kier alpha value is -3.63. The summed E-state index contributed by atoms with van der Waals surface area (Å²) in [6.45, 7) is 4.81. The average Bonchev–Trinajstić information content (AvgIpc) is 3.28. The van der Waals surface area contributed by atoms with E-state index in [-0.39, 0.29) is 5.57 Å². The first-order valence-electron chi connectivity index (χ1n) is 11.3. The highest BCUT2D eigenvalue weighted by Crippen LogP contribution is 2.29. The Balaban J connectivity index is 1.66. The van der Waals surface area contributed by atoms with Gasteiger partial charge in [-0.1, -0.05) is 55.7 Å². The molecule has 3 aromatic rings. The van der Waals surface area contributed by atoms with Gasteiger partial charge in [-0.2, -0.15) is 5.26 Å². The molecule has 3 rings (SSSR count). The molecule has 0 aliphatic heterocycles. The number of nitriles is 1. The molecule has 34 heavy (non-hydrogen) atoms. The SMILES string of the molecule is CCCCCOc1ccc(C=C(C#N)C(=O)Nc2ncc(Cc3ccc(C)cc3)s2)cc1OC. The lowest BCUT2D eigenvalue weighted by Gasteiger charge is -2.11. The Labute approximate surface area is 204 Å². The summed E-state index contributed by atoms with van der Waals surface area (Å²) in [5.74, 6) is 0.698. The van der Waals surface area contributed by atoms with Crippen molar-refractivity contribution in [2.75, 3.05) is 19.0 Å². The number of nitrogens with one attached hydrogen (secondary N) is 1. The van der Waals surface area contributed by atoms with Crippen LogP contribution in [0.15, 0.2) is 54.2 Å². The molecule has 0 saturated carbocycles. The molecule has 1 heterocycles. The van der Waals surface area contributed by atoms with Crippen molar-refractivity contribution in [1.29, 1.82) is 5.26 Å². The minimum absolute atomic E-state index is 0.0195. The number of aryl methyl sites for hydroxylation is 1. The number of carbonyl (C=O) groups is 1. The summed E-state index contributed by atoms with van der Waals surface area (Å²) >= 11 is 1.40. The van der Waals surface area contributed by atoms with E-state index < -0.39 is 5.91 Å². The van der Waals surface area contributed by atoms with Gasteiger partial charge in [0.1, 0.15) is 11.6 Å². The second-order valence-electron chi connectivity index (χ2n) is 7.88. The van der Waals surface area contributed by atoms with Crippen molar-refractivity contribution >= 4 is 28.5 Å². The molecule has 0 radical (unpaired) electrons. The van der Waals surface area contributed by atoms with Crippen LogP contribution in [-0.2, 0) is 11.2 Å². The number of nitrogens with zero attached hydrogens (tertiary/aromatic N) is 2. The number of hydrogen-bond donors (Lipinski definition) is 1. The van der Waals surface area contributed by atoms with Crippen LogP contribution < -0.4 is 14.8 Å². The molecule has 0 aliphatic carbocycles. The molecule has 0 saturated heterocycles. The van der Waals surface area contributed by atoms with E-state index in [9.17, 15) is 10.1 Å². The minimum atomic E-state index is -0.502. The van der Waals surface area contributed by atoms with Gasteiger partial charge in [-0.3, -0.25) is 10.1 Å². The van der Waals surface area contributed by atoms with E-state index in [0.717, 1.165) is 30.6 Å².